The Balaban J connectivity index is 2.02. The Morgan fingerprint density at radius 1 is 0.846 bits per heavy atom. The molecule has 7 nitrogen and oxygen atoms in total. The van der Waals surface area contributed by atoms with Crippen molar-refractivity contribution in [2.45, 2.75) is 58.5 Å². The van der Waals surface area contributed by atoms with Gasteiger partial charge in [-0.25, -0.2) is 8.42 Å². The minimum absolute atomic E-state index is 0.0952. The van der Waals surface area contributed by atoms with Crippen molar-refractivity contribution in [3.8, 4) is 0 Å². The highest BCUT2D eigenvalue weighted by molar-refractivity contribution is 7.92. The van der Waals surface area contributed by atoms with Crippen LogP contribution in [0.1, 0.15) is 43.9 Å². The minimum atomic E-state index is -4.07. The summed E-state index contributed by atoms with van der Waals surface area (Å²) in [6.07, 6.45) is 0.387. The molecule has 0 saturated heterocycles. The zero-order chi connectivity index (χ0) is 28.6. The molecule has 0 saturated carbocycles. The van der Waals surface area contributed by atoms with Gasteiger partial charge in [-0.05, 0) is 56.0 Å². The largest absolute Gasteiger partial charge is 0.354 e. The van der Waals surface area contributed by atoms with Crippen LogP contribution in [0.3, 0.4) is 0 Å². The fraction of sp³-hybridized carbons (Fsp3) is 0.355. The maximum atomic E-state index is 14.0. The summed E-state index contributed by atoms with van der Waals surface area (Å²) in [4.78, 5) is 28.8. The second-order valence-electron chi connectivity index (χ2n) is 10.2. The number of nitrogens with zero attached hydrogens (tertiary/aromatic N) is 2. The summed E-state index contributed by atoms with van der Waals surface area (Å²) in [5.74, 6) is -0.457. The van der Waals surface area contributed by atoms with Gasteiger partial charge in [0.25, 0.3) is 10.0 Å². The number of nitrogens with one attached hydrogen (secondary N) is 1. The van der Waals surface area contributed by atoms with Crippen molar-refractivity contribution in [2.24, 2.45) is 5.92 Å². The Kier molecular flexibility index (Phi) is 10.3. The average Bonchev–Trinajstić information content (AvgIpc) is 2.91. The van der Waals surface area contributed by atoms with Gasteiger partial charge >= 0.3 is 0 Å². The lowest BCUT2D eigenvalue weighted by Gasteiger charge is -2.33. The zero-order valence-electron chi connectivity index (χ0n) is 23.4. The Labute approximate surface area is 232 Å². The summed E-state index contributed by atoms with van der Waals surface area (Å²) in [6.45, 7) is 9.88. The first kappa shape index (κ1) is 29.9. The number of carbonyl (C=O) groups is 2. The number of amides is 2. The number of aryl methyl sites for hydroxylation is 2. The quantitative estimate of drug-likeness (QED) is 0.341. The van der Waals surface area contributed by atoms with Gasteiger partial charge in [0, 0.05) is 13.1 Å². The third kappa shape index (κ3) is 7.93. The van der Waals surface area contributed by atoms with Crippen LogP contribution in [0.4, 0.5) is 5.69 Å². The summed E-state index contributed by atoms with van der Waals surface area (Å²) in [5.41, 5.74) is 3.13. The Morgan fingerprint density at radius 3 is 1.95 bits per heavy atom. The molecule has 3 aromatic rings. The van der Waals surface area contributed by atoms with Gasteiger partial charge in [-0.15, -0.1) is 0 Å². The molecule has 1 N–H and O–H groups in total. The number of hydrogen-bond donors (Lipinski definition) is 1. The maximum Gasteiger partial charge on any atom is 0.264 e. The first-order chi connectivity index (χ1) is 18.5. The molecule has 3 rings (SSSR count). The van der Waals surface area contributed by atoms with E-state index >= 15 is 0 Å². The molecule has 0 aliphatic heterocycles. The lowest BCUT2D eigenvalue weighted by Crippen LogP contribution is -2.52. The van der Waals surface area contributed by atoms with Crippen LogP contribution in [0, 0.1) is 19.8 Å². The molecule has 208 valence electrons. The van der Waals surface area contributed by atoms with E-state index in [4.69, 9.17) is 0 Å². The van der Waals surface area contributed by atoms with E-state index in [0.29, 0.717) is 18.7 Å². The highest BCUT2D eigenvalue weighted by Gasteiger charge is 2.33. The summed E-state index contributed by atoms with van der Waals surface area (Å²) in [5, 5.41) is 2.94. The van der Waals surface area contributed by atoms with Gasteiger partial charge in [0.05, 0.1) is 10.6 Å². The average molecular weight is 550 g/mol. The molecule has 0 fully saturated rings. The number of anilines is 1. The van der Waals surface area contributed by atoms with Crippen LogP contribution in [0.25, 0.3) is 0 Å². The van der Waals surface area contributed by atoms with Crippen LogP contribution in [0.2, 0.25) is 0 Å². The van der Waals surface area contributed by atoms with Crippen molar-refractivity contribution >= 4 is 27.5 Å². The third-order valence-electron chi connectivity index (χ3n) is 6.48. The van der Waals surface area contributed by atoms with Gasteiger partial charge in [0.15, 0.2) is 0 Å². The Morgan fingerprint density at radius 2 is 1.41 bits per heavy atom. The molecular weight excluding hydrogens is 510 g/mol. The lowest BCUT2D eigenvalue weighted by atomic mass is 10.1. The van der Waals surface area contributed by atoms with Crippen LogP contribution in [-0.2, 0) is 26.2 Å². The summed E-state index contributed by atoms with van der Waals surface area (Å²) >= 11 is 0. The third-order valence-corrected chi connectivity index (χ3v) is 8.26. The van der Waals surface area contributed by atoms with Gasteiger partial charge in [-0.3, -0.25) is 13.9 Å². The molecule has 0 heterocycles. The van der Waals surface area contributed by atoms with Gasteiger partial charge in [0.1, 0.15) is 12.6 Å². The minimum Gasteiger partial charge on any atom is -0.354 e. The van der Waals surface area contributed by atoms with Gasteiger partial charge in [-0.1, -0.05) is 86.5 Å². The number of hydrogen-bond acceptors (Lipinski definition) is 4. The van der Waals surface area contributed by atoms with Gasteiger partial charge < -0.3 is 10.2 Å². The molecule has 2 amide bonds. The molecule has 0 unspecified atom stereocenters. The molecule has 0 aliphatic carbocycles. The van der Waals surface area contributed by atoms with Crippen LogP contribution in [0.5, 0.6) is 0 Å². The van der Waals surface area contributed by atoms with Crippen molar-refractivity contribution in [2.75, 3.05) is 17.4 Å². The summed E-state index contributed by atoms with van der Waals surface area (Å²) in [6, 6.07) is 22.2. The van der Waals surface area contributed by atoms with E-state index in [1.807, 2.05) is 77.1 Å². The van der Waals surface area contributed by atoms with Crippen LogP contribution in [-0.4, -0.2) is 44.3 Å². The number of sulfonamides is 1. The summed E-state index contributed by atoms with van der Waals surface area (Å²) in [7, 11) is -4.07. The molecule has 0 bridgehead atoms. The van der Waals surface area contributed by atoms with E-state index in [2.05, 4.69) is 5.32 Å². The number of rotatable bonds is 12. The fourth-order valence-corrected chi connectivity index (χ4v) is 5.61. The lowest BCUT2D eigenvalue weighted by molar-refractivity contribution is -0.140. The standard InChI is InChI=1S/C31H39N3O4S/c1-6-29(31(36)32-20-23(2)3)33(21-26-10-8-7-9-11-26)30(35)22-34(27-16-12-24(4)13-17-27)39(37,38)28-18-14-25(5)15-19-28/h7-19,23,29H,6,20-22H2,1-5H3,(H,32,36)/t29-/m0/s1. The first-order valence-corrected chi connectivity index (χ1v) is 14.7. The molecule has 0 radical (unpaired) electrons. The van der Waals surface area contributed by atoms with E-state index in [-0.39, 0.29) is 23.3 Å². The smallest absolute Gasteiger partial charge is 0.264 e. The topological polar surface area (TPSA) is 86.8 Å². The van der Waals surface area contributed by atoms with Crippen molar-refractivity contribution < 1.29 is 18.0 Å². The molecule has 0 spiro atoms. The molecule has 39 heavy (non-hydrogen) atoms. The van der Waals surface area contributed by atoms with Gasteiger partial charge in [-0.2, -0.15) is 0 Å². The zero-order valence-corrected chi connectivity index (χ0v) is 24.2. The predicted molar refractivity (Wildman–Crippen MR) is 156 cm³/mol. The van der Waals surface area contributed by atoms with Crippen molar-refractivity contribution in [1.29, 1.82) is 0 Å². The fourth-order valence-electron chi connectivity index (χ4n) is 4.20. The van der Waals surface area contributed by atoms with Crippen LogP contribution < -0.4 is 9.62 Å². The molecule has 3 aromatic carbocycles. The SMILES string of the molecule is CC[C@@H](C(=O)NCC(C)C)N(Cc1ccccc1)C(=O)CN(c1ccc(C)cc1)S(=O)(=O)c1ccc(C)cc1. The molecule has 1 atom stereocenters. The maximum absolute atomic E-state index is 14.0. The highest BCUT2D eigenvalue weighted by Crippen LogP contribution is 2.25. The second-order valence-corrected chi connectivity index (χ2v) is 12.1. The van der Waals surface area contributed by atoms with E-state index in [1.165, 1.54) is 4.90 Å². The van der Waals surface area contributed by atoms with E-state index in [9.17, 15) is 18.0 Å². The second kappa shape index (κ2) is 13.4. The van der Waals surface area contributed by atoms with Crippen LogP contribution in [0.15, 0.2) is 83.8 Å². The normalized spacial score (nSPS) is 12.2. The molecular formula is C31H39N3O4S. The Bertz CT molecular complexity index is 1340. The molecule has 8 heteroatoms. The van der Waals surface area contributed by atoms with Crippen LogP contribution >= 0.6 is 0 Å². The van der Waals surface area contributed by atoms with E-state index in [0.717, 1.165) is 21.0 Å². The van der Waals surface area contributed by atoms with E-state index < -0.39 is 28.5 Å². The van der Waals surface area contributed by atoms with Gasteiger partial charge in [0.2, 0.25) is 11.8 Å². The first-order valence-electron chi connectivity index (χ1n) is 13.3. The number of carbonyl (C=O) groups excluding carboxylic acids is 2. The molecule has 0 aliphatic rings. The monoisotopic (exact) mass is 549 g/mol. The summed E-state index contributed by atoms with van der Waals surface area (Å²) < 4.78 is 28.9. The van der Waals surface area contributed by atoms with Crippen molar-refractivity contribution in [1.82, 2.24) is 10.2 Å². The Hall–Kier alpha value is -3.65. The predicted octanol–water partition coefficient (Wildman–Crippen LogP) is 5.08. The molecule has 0 aromatic heterocycles. The van der Waals surface area contributed by atoms with Crippen molar-refractivity contribution in [3.63, 3.8) is 0 Å². The number of benzene rings is 3. The highest BCUT2D eigenvalue weighted by atomic mass is 32.2. The van der Waals surface area contributed by atoms with Crippen molar-refractivity contribution in [3.05, 3.63) is 95.6 Å². The van der Waals surface area contributed by atoms with E-state index in [1.54, 1.807) is 36.4 Å².